The van der Waals surface area contributed by atoms with E-state index in [0.29, 0.717) is 34.9 Å². The van der Waals surface area contributed by atoms with Crippen molar-refractivity contribution in [3.05, 3.63) is 82.7 Å². The summed E-state index contributed by atoms with van der Waals surface area (Å²) in [4.78, 5) is 13.2. The molecule has 1 N–H and O–H groups in total. The van der Waals surface area contributed by atoms with Crippen LogP contribution in [0, 0.1) is 19.7 Å². The molecule has 7 nitrogen and oxygen atoms in total. The maximum atomic E-state index is 14.8. The lowest BCUT2D eigenvalue weighted by atomic mass is 10.1. The number of benzene rings is 2. The summed E-state index contributed by atoms with van der Waals surface area (Å²) in [6.45, 7) is 5.07. The number of carbonyl (C=O) groups is 1. The van der Waals surface area contributed by atoms with Crippen molar-refractivity contribution in [3.63, 3.8) is 0 Å². The molecule has 34 heavy (non-hydrogen) atoms. The molecule has 1 aliphatic heterocycles. The van der Waals surface area contributed by atoms with Gasteiger partial charge in [0.1, 0.15) is 11.6 Å². The van der Waals surface area contributed by atoms with Gasteiger partial charge in [-0.1, -0.05) is 36.8 Å². The Hall–Kier alpha value is -3.81. The highest BCUT2D eigenvalue weighted by atomic mass is 19.1. The first-order valence-electron chi connectivity index (χ1n) is 11.6. The number of aryl methyl sites for hydroxylation is 2. The van der Waals surface area contributed by atoms with Crippen molar-refractivity contribution in [2.24, 2.45) is 0 Å². The lowest BCUT2D eigenvalue weighted by Crippen LogP contribution is -2.15. The van der Waals surface area contributed by atoms with Crippen LogP contribution < -0.4 is 5.32 Å². The summed E-state index contributed by atoms with van der Waals surface area (Å²) in [5, 5.41) is 16.0. The smallest absolute Gasteiger partial charge is 0.259 e. The molecule has 0 atom stereocenters. The molecule has 2 aromatic heterocycles. The lowest BCUT2D eigenvalue weighted by molar-refractivity contribution is 0.102. The van der Waals surface area contributed by atoms with Crippen LogP contribution in [0.1, 0.15) is 52.4 Å². The van der Waals surface area contributed by atoms with Crippen molar-refractivity contribution in [2.75, 3.05) is 5.32 Å². The Balaban J connectivity index is 1.41. The fraction of sp³-hybridized carbons (Fsp3) is 0.308. The number of aromatic nitrogens is 5. The summed E-state index contributed by atoms with van der Waals surface area (Å²) < 4.78 is 18.6. The molecule has 0 saturated heterocycles. The molecule has 0 fully saturated rings. The second-order valence-corrected chi connectivity index (χ2v) is 8.74. The Bertz CT molecular complexity index is 1340. The Labute approximate surface area is 197 Å². The minimum Gasteiger partial charge on any atom is -0.322 e. The van der Waals surface area contributed by atoms with Crippen LogP contribution in [0.2, 0.25) is 0 Å². The minimum atomic E-state index is -0.388. The average Bonchev–Trinajstić information content (AvgIpc) is 3.24. The minimum absolute atomic E-state index is 0.271. The van der Waals surface area contributed by atoms with Crippen LogP contribution in [-0.2, 0) is 19.5 Å². The molecule has 3 heterocycles. The van der Waals surface area contributed by atoms with Crippen molar-refractivity contribution < 1.29 is 9.18 Å². The van der Waals surface area contributed by atoms with E-state index in [-0.39, 0.29) is 11.7 Å². The molecular weight excluding hydrogens is 431 g/mol. The van der Waals surface area contributed by atoms with Crippen molar-refractivity contribution in [3.8, 4) is 11.4 Å². The summed E-state index contributed by atoms with van der Waals surface area (Å²) in [6, 6.07) is 14.6. The molecule has 0 radical (unpaired) electrons. The van der Waals surface area contributed by atoms with E-state index in [0.717, 1.165) is 49.3 Å². The van der Waals surface area contributed by atoms with Gasteiger partial charge in [-0.25, -0.2) is 4.39 Å². The Kier molecular flexibility index (Phi) is 5.96. The van der Waals surface area contributed by atoms with Crippen LogP contribution in [0.4, 0.5) is 10.1 Å². The summed E-state index contributed by atoms with van der Waals surface area (Å²) in [6.07, 6.45) is 4.05. The lowest BCUT2D eigenvalue weighted by Gasteiger charge is -2.11. The van der Waals surface area contributed by atoms with E-state index in [9.17, 15) is 9.18 Å². The van der Waals surface area contributed by atoms with Gasteiger partial charge in [-0.05, 0) is 50.5 Å². The van der Waals surface area contributed by atoms with E-state index in [4.69, 9.17) is 0 Å². The van der Waals surface area contributed by atoms with Gasteiger partial charge >= 0.3 is 0 Å². The summed E-state index contributed by atoms with van der Waals surface area (Å²) >= 11 is 0. The van der Waals surface area contributed by atoms with E-state index in [1.807, 2.05) is 53.4 Å². The van der Waals surface area contributed by atoms with Crippen LogP contribution in [0.25, 0.3) is 11.4 Å². The molecule has 0 spiro atoms. The van der Waals surface area contributed by atoms with Crippen molar-refractivity contribution in [2.45, 2.75) is 52.6 Å². The molecular formula is C26H27FN6O. The van der Waals surface area contributed by atoms with Crippen LogP contribution >= 0.6 is 0 Å². The number of nitrogens with one attached hydrogen (secondary N) is 1. The molecule has 1 amide bonds. The molecule has 1 aliphatic rings. The van der Waals surface area contributed by atoms with Gasteiger partial charge in [0.25, 0.3) is 5.91 Å². The first-order chi connectivity index (χ1) is 16.5. The van der Waals surface area contributed by atoms with E-state index in [1.54, 1.807) is 12.1 Å². The van der Waals surface area contributed by atoms with E-state index in [2.05, 4.69) is 20.6 Å². The highest BCUT2D eigenvalue weighted by molar-refractivity contribution is 6.06. The van der Waals surface area contributed by atoms with Gasteiger partial charge in [-0.3, -0.25) is 9.48 Å². The monoisotopic (exact) mass is 458 g/mol. The second kappa shape index (κ2) is 9.21. The summed E-state index contributed by atoms with van der Waals surface area (Å²) in [7, 11) is 0. The normalized spacial score (nSPS) is 13.4. The van der Waals surface area contributed by atoms with Gasteiger partial charge in [0.15, 0.2) is 5.82 Å². The average molecular weight is 459 g/mol. The molecule has 0 unspecified atom stereocenters. The molecule has 5 rings (SSSR count). The Morgan fingerprint density at radius 2 is 1.88 bits per heavy atom. The van der Waals surface area contributed by atoms with Crippen LogP contribution in [0.3, 0.4) is 0 Å². The summed E-state index contributed by atoms with van der Waals surface area (Å²) in [5.41, 5.74) is 3.91. The summed E-state index contributed by atoms with van der Waals surface area (Å²) in [5.74, 6) is 0.736. The largest absolute Gasteiger partial charge is 0.322 e. The van der Waals surface area contributed by atoms with Crippen LogP contribution in [-0.4, -0.2) is 30.5 Å². The SMILES string of the molecule is Cc1nn(Cc2ccccc2)c(C)c1C(=O)Nc1ccc(F)c(-c2nnc3n2CCCCC3)c1. The van der Waals surface area contributed by atoms with Gasteiger partial charge in [0, 0.05) is 24.3 Å². The molecule has 4 aromatic rings. The van der Waals surface area contributed by atoms with Crippen molar-refractivity contribution in [1.29, 1.82) is 0 Å². The third kappa shape index (κ3) is 4.23. The third-order valence-corrected chi connectivity index (χ3v) is 6.36. The van der Waals surface area contributed by atoms with E-state index in [1.165, 1.54) is 6.07 Å². The van der Waals surface area contributed by atoms with Gasteiger partial charge in [-0.2, -0.15) is 5.10 Å². The maximum Gasteiger partial charge on any atom is 0.259 e. The topological polar surface area (TPSA) is 77.6 Å². The zero-order chi connectivity index (χ0) is 23.7. The Morgan fingerprint density at radius 1 is 1.06 bits per heavy atom. The number of hydrogen-bond donors (Lipinski definition) is 1. The third-order valence-electron chi connectivity index (χ3n) is 6.36. The standard InChI is InChI=1S/C26H27FN6O/c1-17-24(18(2)33(31-17)16-19-9-5-3-6-10-19)26(34)28-20-12-13-22(27)21(15-20)25-30-29-23-11-7-4-8-14-32(23)25/h3,5-6,9-10,12-13,15H,4,7-8,11,14,16H2,1-2H3,(H,28,34). The second-order valence-electron chi connectivity index (χ2n) is 8.74. The number of amides is 1. The number of rotatable bonds is 5. The van der Waals surface area contributed by atoms with Crippen molar-refractivity contribution >= 4 is 11.6 Å². The van der Waals surface area contributed by atoms with Gasteiger partial charge < -0.3 is 9.88 Å². The number of nitrogens with zero attached hydrogens (tertiary/aromatic N) is 5. The molecule has 0 bridgehead atoms. The number of fused-ring (bicyclic) bond motifs is 1. The number of hydrogen-bond acceptors (Lipinski definition) is 4. The molecule has 174 valence electrons. The number of halogens is 1. The fourth-order valence-electron chi connectivity index (χ4n) is 4.59. The number of anilines is 1. The van der Waals surface area contributed by atoms with E-state index < -0.39 is 0 Å². The molecule has 2 aromatic carbocycles. The van der Waals surface area contributed by atoms with Crippen molar-refractivity contribution in [1.82, 2.24) is 24.5 Å². The highest BCUT2D eigenvalue weighted by Gasteiger charge is 2.22. The zero-order valence-electron chi connectivity index (χ0n) is 19.4. The van der Waals surface area contributed by atoms with Gasteiger partial charge in [0.2, 0.25) is 0 Å². The molecule has 8 heteroatoms. The van der Waals surface area contributed by atoms with E-state index >= 15 is 0 Å². The zero-order valence-corrected chi connectivity index (χ0v) is 19.4. The number of carbonyl (C=O) groups excluding carboxylic acids is 1. The van der Waals surface area contributed by atoms with Crippen LogP contribution in [0.5, 0.6) is 0 Å². The van der Waals surface area contributed by atoms with Crippen LogP contribution in [0.15, 0.2) is 48.5 Å². The predicted octanol–water partition coefficient (Wildman–Crippen LogP) is 4.92. The highest BCUT2D eigenvalue weighted by Crippen LogP contribution is 2.28. The first-order valence-corrected chi connectivity index (χ1v) is 11.6. The predicted molar refractivity (Wildman–Crippen MR) is 128 cm³/mol. The first kappa shape index (κ1) is 22.0. The quantitative estimate of drug-likeness (QED) is 0.460. The fourth-order valence-corrected chi connectivity index (χ4v) is 4.59. The Morgan fingerprint density at radius 3 is 2.71 bits per heavy atom. The molecule has 0 saturated carbocycles. The maximum absolute atomic E-state index is 14.8. The van der Waals surface area contributed by atoms with Gasteiger partial charge in [0.05, 0.1) is 23.4 Å². The van der Waals surface area contributed by atoms with Gasteiger partial charge in [-0.15, -0.1) is 10.2 Å². The molecule has 0 aliphatic carbocycles.